The zero-order valence-corrected chi connectivity index (χ0v) is 10.5. The Hall–Kier alpha value is -0.970. The third-order valence-electron chi connectivity index (χ3n) is 2.25. The Morgan fingerprint density at radius 1 is 1.53 bits per heavy atom. The normalized spacial score (nSPS) is 19.4. The van der Waals surface area contributed by atoms with Gasteiger partial charge in [-0.25, -0.2) is 4.79 Å². The highest BCUT2D eigenvalue weighted by atomic mass is 32.2. The predicted octanol–water partition coefficient (Wildman–Crippen LogP) is 1.53. The second-order valence-electron chi connectivity index (χ2n) is 3.80. The number of carbonyl (C=O) groups is 1. The van der Waals surface area contributed by atoms with Crippen molar-refractivity contribution in [2.45, 2.75) is 26.3 Å². The van der Waals surface area contributed by atoms with Crippen LogP contribution in [0.2, 0.25) is 0 Å². The third-order valence-corrected chi connectivity index (χ3v) is 2.83. The molecule has 0 aromatic heterocycles. The van der Waals surface area contributed by atoms with Gasteiger partial charge in [0.15, 0.2) is 5.17 Å². The number of amidine groups is 1. The third kappa shape index (κ3) is 2.34. The van der Waals surface area contributed by atoms with Crippen molar-refractivity contribution in [3.05, 3.63) is 11.3 Å². The Morgan fingerprint density at radius 2 is 2.13 bits per heavy atom. The number of hydrogen-bond acceptors (Lipinski definition) is 5. The molecule has 0 amide bonds. The van der Waals surface area contributed by atoms with Gasteiger partial charge in [0.2, 0.25) is 0 Å². The summed E-state index contributed by atoms with van der Waals surface area (Å²) in [6.07, 6.45) is 1.94. The van der Waals surface area contributed by atoms with Crippen LogP contribution in [0.25, 0.3) is 0 Å². The molecule has 0 saturated carbocycles. The number of hydrogen-bond donors (Lipinski definition) is 1. The first-order valence-electron chi connectivity index (χ1n) is 4.63. The van der Waals surface area contributed by atoms with Crippen molar-refractivity contribution in [2.24, 2.45) is 4.99 Å². The average Bonchev–Trinajstić information content (AvgIpc) is 2.14. The molecule has 1 rings (SSSR count). The highest BCUT2D eigenvalue weighted by Crippen LogP contribution is 2.28. The maximum Gasteiger partial charge on any atom is 0.337 e. The molecule has 0 aliphatic carbocycles. The lowest BCUT2D eigenvalue weighted by molar-refractivity contribution is -0.136. The summed E-state index contributed by atoms with van der Waals surface area (Å²) in [5.74, 6) is -0.325. The summed E-state index contributed by atoms with van der Waals surface area (Å²) in [6, 6.07) is 0. The fourth-order valence-electron chi connectivity index (χ4n) is 1.62. The second kappa shape index (κ2) is 4.26. The van der Waals surface area contributed by atoms with Gasteiger partial charge < -0.3 is 10.1 Å². The lowest BCUT2D eigenvalue weighted by atomic mass is 9.92. The molecular formula is C10H16N2O2S. The molecule has 1 heterocycles. The SMILES string of the molecule is COC(=O)C1=C(C)NC(SC)=NC1(C)C. The molecule has 0 aromatic carbocycles. The van der Waals surface area contributed by atoms with E-state index in [4.69, 9.17) is 4.74 Å². The Bertz CT molecular complexity index is 345. The van der Waals surface area contributed by atoms with Crippen LogP contribution in [0.5, 0.6) is 0 Å². The van der Waals surface area contributed by atoms with Crippen LogP contribution in [0, 0.1) is 0 Å². The van der Waals surface area contributed by atoms with E-state index < -0.39 is 5.54 Å². The Balaban J connectivity index is 3.12. The standard InChI is InChI=1S/C10H16N2O2S/c1-6-7(8(13)14-4)10(2,3)12-9(11-6)15-5/h1-5H3,(H,11,12). The molecule has 0 radical (unpaired) electrons. The van der Waals surface area contributed by atoms with Gasteiger partial charge in [-0.3, -0.25) is 4.99 Å². The van der Waals surface area contributed by atoms with E-state index in [0.29, 0.717) is 5.57 Å². The Morgan fingerprint density at radius 3 is 2.53 bits per heavy atom. The van der Waals surface area contributed by atoms with Crippen molar-refractivity contribution < 1.29 is 9.53 Å². The van der Waals surface area contributed by atoms with Gasteiger partial charge in [0.25, 0.3) is 0 Å². The minimum atomic E-state index is -0.527. The molecule has 0 saturated heterocycles. The summed E-state index contributed by atoms with van der Waals surface area (Å²) in [7, 11) is 1.38. The van der Waals surface area contributed by atoms with Crippen molar-refractivity contribution in [3.8, 4) is 0 Å². The summed E-state index contributed by atoms with van der Waals surface area (Å²) in [5, 5.41) is 3.90. The number of nitrogens with zero attached hydrogens (tertiary/aromatic N) is 1. The number of nitrogens with one attached hydrogen (secondary N) is 1. The fraction of sp³-hybridized carbons (Fsp3) is 0.600. The number of ether oxygens (including phenoxy) is 1. The number of carbonyl (C=O) groups excluding carboxylic acids is 1. The van der Waals surface area contributed by atoms with Crippen molar-refractivity contribution in [1.29, 1.82) is 0 Å². The summed E-state index contributed by atoms with van der Waals surface area (Å²) in [5.41, 5.74) is 0.870. The molecule has 0 unspecified atom stereocenters. The molecule has 4 nitrogen and oxygen atoms in total. The molecule has 0 atom stereocenters. The van der Waals surface area contributed by atoms with Crippen LogP contribution < -0.4 is 5.32 Å². The lowest BCUT2D eigenvalue weighted by Crippen LogP contribution is -2.38. The van der Waals surface area contributed by atoms with Crippen LogP contribution in [-0.4, -0.2) is 30.0 Å². The quantitative estimate of drug-likeness (QED) is 0.692. The topological polar surface area (TPSA) is 50.7 Å². The number of esters is 1. The monoisotopic (exact) mass is 228 g/mol. The van der Waals surface area contributed by atoms with E-state index in [1.165, 1.54) is 18.9 Å². The molecule has 5 heteroatoms. The van der Waals surface area contributed by atoms with Crippen molar-refractivity contribution in [1.82, 2.24) is 5.32 Å². The fourth-order valence-corrected chi connectivity index (χ4v) is 2.20. The highest BCUT2D eigenvalue weighted by Gasteiger charge is 2.34. The summed E-state index contributed by atoms with van der Waals surface area (Å²) in [6.45, 7) is 5.67. The van der Waals surface area contributed by atoms with E-state index in [1.54, 1.807) is 0 Å². The summed E-state index contributed by atoms with van der Waals surface area (Å²) in [4.78, 5) is 16.0. The molecule has 0 aromatic rings. The minimum Gasteiger partial charge on any atom is -0.466 e. The second-order valence-corrected chi connectivity index (χ2v) is 4.59. The van der Waals surface area contributed by atoms with Gasteiger partial charge in [-0.15, -0.1) is 0 Å². The summed E-state index contributed by atoms with van der Waals surface area (Å²) < 4.78 is 4.75. The van der Waals surface area contributed by atoms with E-state index in [1.807, 2.05) is 27.0 Å². The molecule has 0 spiro atoms. The van der Waals surface area contributed by atoms with E-state index >= 15 is 0 Å². The first-order valence-corrected chi connectivity index (χ1v) is 5.85. The zero-order valence-electron chi connectivity index (χ0n) is 9.67. The highest BCUT2D eigenvalue weighted by molar-refractivity contribution is 8.13. The Kier molecular flexibility index (Phi) is 3.44. The number of allylic oxidation sites excluding steroid dienone is 1. The van der Waals surface area contributed by atoms with Crippen molar-refractivity contribution in [2.75, 3.05) is 13.4 Å². The maximum atomic E-state index is 11.6. The minimum absolute atomic E-state index is 0.325. The van der Waals surface area contributed by atoms with Crippen LogP contribution in [-0.2, 0) is 9.53 Å². The number of methoxy groups -OCH3 is 1. The van der Waals surface area contributed by atoms with Gasteiger partial charge in [0, 0.05) is 5.70 Å². The molecular weight excluding hydrogens is 212 g/mol. The first kappa shape index (κ1) is 12.1. The van der Waals surface area contributed by atoms with Crippen LogP contribution in [0.3, 0.4) is 0 Å². The molecule has 84 valence electrons. The van der Waals surface area contributed by atoms with E-state index in [-0.39, 0.29) is 5.97 Å². The first-order chi connectivity index (χ1) is 6.92. The maximum absolute atomic E-state index is 11.6. The van der Waals surface area contributed by atoms with Gasteiger partial charge in [-0.05, 0) is 27.0 Å². The Labute approximate surface area is 94.2 Å². The largest absolute Gasteiger partial charge is 0.466 e. The van der Waals surface area contributed by atoms with E-state index in [0.717, 1.165) is 10.9 Å². The predicted molar refractivity (Wildman–Crippen MR) is 62.9 cm³/mol. The molecule has 1 aliphatic rings. The molecule has 1 aliphatic heterocycles. The molecule has 0 fully saturated rings. The molecule has 0 bridgehead atoms. The van der Waals surface area contributed by atoms with Crippen LogP contribution in [0.4, 0.5) is 0 Å². The van der Waals surface area contributed by atoms with E-state index in [9.17, 15) is 4.79 Å². The summed E-state index contributed by atoms with van der Waals surface area (Å²) >= 11 is 1.53. The lowest BCUT2D eigenvalue weighted by Gasteiger charge is -2.30. The zero-order chi connectivity index (χ0) is 11.6. The smallest absolute Gasteiger partial charge is 0.337 e. The van der Waals surface area contributed by atoms with Gasteiger partial charge in [-0.2, -0.15) is 0 Å². The number of rotatable bonds is 1. The van der Waals surface area contributed by atoms with Crippen LogP contribution in [0.15, 0.2) is 16.3 Å². The van der Waals surface area contributed by atoms with Gasteiger partial charge >= 0.3 is 5.97 Å². The number of aliphatic imine (C=N–C) groups is 1. The van der Waals surface area contributed by atoms with Crippen molar-refractivity contribution >= 4 is 22.9 Å². The van der Waals surface area contributed by atoms with Gasteiger partial charge in [-0.1, -0.05) is 11.8 Å². The van der Waals surface area contributed by atoms with Gasteiger partial charge in [0.05, 0.1) is 18.2 Å². The van der Waals surface area contributed by atoms with Crippen LogP contribution in [0.1, 0.15) is 20.8 Å². The van der Waals surface area contributed by atoms with Crippen molar-refractivity contribution in [3.63, 3.8) is 0 Å². The van der Waals surface area contributed by atoms with Gasteiger partial charge in [0.1, 0.15) is 0 Å². The average molecular weight is 228 g/mol. The van der Waals surface area contributed by atoms with Crippen LogP contribution >= 0.6 is 11.8 Å². The molecule has 15 heavy (non-hydrogen) atoms. The molecule has 1 N–H and O–H groups in total. The number of thioether (sulfide) groups is 1. The van der Waals surface area contributed by atoms with E-state index in [2.05, 4.69) is 10.3 Å².